The molecule has 0 aromatic carbocycles. The summed E-state index contributed by atoms with van der Waals surface area (Å²) >= 11 is 0. The summed E-state index contributed by atoms with van der Waals surface area (Å²) in [7, 11) is 0. The predicted molar refractivity (Wildman–Crippen MR) is 275 cm³/mol. The Bertz CT molecular complexity index is 1170. The molecule has 370 valence electrons. The fourth-order valence-electron chi connectivity index (χ4n) is 7.62. The van der Waals surface area contributed by atoms with Gasteiger partial charge in [-0.2, -0.15) is 0 Å². The molecule has 0 aliphatic carbocycles. The molecule has 64 heavy (non-hydrogen) atoms. The van der Waals surface area contributed by atoms with Crippen LogP contribution >= 0.6 is 0 Å². The molecule has 0 radical (unpaired) electrons. The van der Waals surface area contributed by atoms with Crippen LogP contribution in [0.25, 0.3) is 0 Å². The number of hydrogen-bond donors (Lipinski definition) is 0. The highest BCUT2D eigenvalue weighted by Crippen LogP contribution is 2.15. The molecule has 0 aromatic heterocycles. The fourth-order valence-corrected chi connectivity index (χ4v) is 7.62. The number of rotatable bonds is 49. The van der Waals surface area contributed by atoms with E-state index in [2.05, 4.69) is 81.5 Å². The first-order chi connectivity index (χ1) is 31.5. The highest BCUT2D eigenvalue weighted by molar-refractivity contribution is 5.71. The normalized spacial score (nSPS) is 12.5. The van der Waals surface area contributed by atoms with Crippen molar-refractivity contribution >= 4 is 17.9 Å². The first kappa shape index (κ1) is 61.1. The molecule has 0 amide bonds. The van der Waals surface area contributed by atoms with E-state index in [4.69, 9.17) is 14.2 Å². The van der Waals surface area contributed by atoms with Crippen molar-refractivity contribution in [1.29, 1.82) is 0 Å². The second-order valence-corrected chi connectivity index (χ2v) is 18.1. The fraction of sp³-hybridized carbons (Fsp3) is 0.776. The molecule has 1 atom stereocenters. The smallest absolute Gasteiger partial charge is 0.306 e. The van der Waals surface area contributed by atoms with Crippen LogP contribution in [-0.4, -0.2) is 37.2 Å². The van der Waals surface area contributed by atoms with E-state index >= 15 is 0 Å². The molecule has 0 heterocycles. The maximum atomic E-state index is 12.8. The number of esters is 3. The number of hydrogen-bond acceptors (Lipinski definition) is 6. The largest absolute Gasteiger partial charge is 0.462 e. The maximum Gasteiger partial charge on any atom is 0.306 e. The van der Waals surface area contributed by atoms with Crippen molar-refractivity contribution in [2.24, 2.45) is 0 Å². The van der Waals surface area contributed by atoms with Gasteiger partial charge in [-0.05, 0) is 103 Å². The van der Waals surface area contributed by atoms with Crippen LogP contribution in [0.5, 0.6) is 0 Å². The Hall–Kier alpha value is -2.89. The third kappa shape index (κ3) is 50.1. The van der Waals surface area contributed by atoms with Crippen molar-refractivity contribution in [1.82, 2.24) is 0 Å². The van der Waals surface area contributed by atoms with Crippen LogP contribution in [0.4, 0.5) is 0 Å². The Kier molecular flexibility index (Phi) is 50.4. The molecule has 6 nitrogen and oxygen atoms in total. The number of carbonyl (C=O) groups is 3. The summed E-state index contributed by atoms with van der Waals surface area (Å²) in [5.41, 5.74) is 0. The average molecular weight is 895 g/mol. The number of unbranched alkanes of at least 4 members (excludes halogenated alkanes) is 28. The van der Waals surface area contributed by atoms with Gasteiger partial charge in [0.2, 0.25) is 0 Å². The molecule has 0 saturated heterocycles. The Morgan fingerprint density at radius 2 is 0.609 bits per heavy atom. The van der Waals surface area contributed by atoms with Gasteiger partial charge in [0.25, 0.3) is 0 Å². The predicted octanol–water partition coefficient (Wildman–Crippen LogP) is 18.0. The zero-order valence-corrected chi connectivity index (χ0v) is 42.3. The summed E-state index contributed by atoms with van der Waals surface area (Å²) in [5.74, 6) is -0.909. The van der Waals surface area contributed by atoms with Crippen molar-refractivity contribution in [3.05, 3.63) is 60.8 Å². The van der Waals surface area contributed by atoms with Crippen molar-refractivity contribution in [3.63, 3.8) is 0 Å². The van der Waals surface area contributed by atoms with Gasteiger partial charge in [0, 0.05) is 19.3 Å². The molecule has 0 aliphatic rings. The van der Waals surface area contributed by atoms with Crippen LogP contribution in [0.15, 0.2) is 60.8 Å². The molecule has 0 spiro atoms. The minimum Gasteiger partial charge on any atom is -0.462 e. The number of carbonyl (C=O) groups excluding carboxylic acids is 3. The van der Waals surface area contributed by atoms with Gasteiger partial charge >= 0.3 is 17.9 Å². The Balaban J connectivity index is 4.40. The molecule has 0 aromatic rings. The first-order valence-electron chi connectivity index (χ1n) is 27.3. The van der Waals surface area contributed by atoms with E-state index in [1.54, 1.807) is 0 Å². The van der Waals surface area contributed by atoms with Crippen molar-refractivity contribution in [2.45, 2.75) is 277 Å². The maximum absolute atomic E-state index is 12.8. The van der Waals surface area contributed by atoms with E-state index in [-0.39, 0.29) is 31.1 Å². The average Bonchev–Trinajstić information content (AvgIpc) is 3.29. The van der Waals surface area contributed by atoms with Crippen LogP contribution in [0, 0.1) is 0 Å². The Labute approximate surface area is 396 Å². The van der Waals surface area contributed by atoms with Crippen LogP contribution in [0.1, 0.15) is 271 Å². The van der Waals surface area contributed by atoms with Crippen LogP contribution < -0.4 is 0 Å². The summed E-state index contributed by atoms with van der Waals surface area (Å²) in [4.78, 5) is 38.1. The second kappa shape index (κ2) is 52.7. The zero-order valence-electron chi connectivity index (χ0n) is 42.3. The lowest BCUT2D eigenvalue weighted by Gasteiger charge is -2.18. The van der Waals surface area contributed by atoms with E-state index in [1.165, 1.54) is 141 Å². The Morgan fingerprint density at radius 3 is 0.984 bits per heavy atom. The van der Waals surface area contributed by atoms with Gasteiger partial charge in [-0.1, -0.05) is 210 Å². The topological polar surface area (TPSA) is 78.9 Å². The summed E-state index contributed by atoms with van der Waals surface area (Å²) in [6.07, 6.45) is 64.9. The summed E-state index contributed by atoms with van der Waals surface area (Å²) < 4.78 is 16.8. The zero-order chi connectivity index (χ0) is 46.5. The second-order valence-electron chi connectivity index (χ2n) is 18.1. The molecule has 6 heteroatoms. The molecule has 0 N–H and O–H groups in total. The van der Waals surface area contributed by atoms with Gasteiger partial charge in [0.05, 0.1) is 0 Å². The Morgan fingerprint density at radius 1 is 0.328 bits per heavy atom. The molecule has 0 rings (SSSR count). The molecular formula is C58H102O6. The first-order valence-corrected chi connectivity index (χ1v) is 27.3. The van der Waals surface area contributed by atoms with Crippen LogP contribution in [0.2, 0.25) is 0 Å². The van der Waals surface area contributed by atoms with Crippen molar-refractivity contribution in [3.8, 4) is 0 Å². The molecule has 0 aliphatic heterocycles. The van der Waals surface area contributed by atoms with Crippen molar-refractivity contribution in [2.75, 3.05) is 13.2 Å². The highest BCUT2D eigenvalue weighted by atomic mass is 16.6. The highest BCUT2D eigenvalue weighted by Gasteiger charge is 2.19. The monoisotopic (exact) mass is 895 g/mol. The van der Waals surface area contributed by atoms with Crippen LogP contribution in [0.3, 0.4) is 0 Å². The molecule has 0 saturated carbocycles. The summed E-state index contributed by atoms with van der Waals surface area (Å²) in [5, 5.41) is 0. The quantitative estimate of drug-likeness (QED) is 0.0262. The lowest BCUT2D eigenvalue weighted by Crippen LogP contribution is -2.30. The standard InChI is InChI=1S/C58H102O6/c1-4-7-10-13-16-19-22-25-28-29-31-33-36-39-42-45-48-51-57(60)63-54-55(53-62-56(59)50-47-44-41-38-35-32-27-24-21-18-15-12-9-6-3)64-58(61)52-49-46-43-40-37-34-30-26-23-20-17-14-11-8-5-2/h9,12,18,20-21,23,25,27-28,32,55H,4-8,10-11,13-17,19,22,24,26,29-31,33-54H2,1-3H3/b12-9-,21-18-,23-20-,28-25-,32-27-. The van der Waals surface area contributed by atoms with Gasteiger partial charge < -0.3 is 14.2 Å². The molecule has 0 bridgehead atoms. The van der Waals surface area contributed by atoms with Gasteiger partial charge in [0.1, 0.15) is 13.2 Å². The van der Waals surface area contributed by atoms with Gasteiger partial charge in [-0.25, -0.2) is 0 Å². The number of allylic oxidation sites excluding steroid dienone is 10. The third-order valence-electron chi connectivity index (χ3n) is 11.7. The summed E-state index contributed by atoms with van der Waals surface area (Å²) in [6.45, 7) is 6.50. The van der Waals surface area contributed by atoms with Gasteiger partial charge in [-0.15, -0.1) is 0 Å². The van der Waals surface area contributed by atoms with Crippen molar-refractivity contribution < 1.29 is 28.6 Å². The lowest BCUT2D eigenvalue weighted by molar-refractivity contribution is -0.167. The molecule has 0 fully saturated rings. The van der Waals surface area contributed by atoms with Gasteiger partial charge in [0.15, 0.2) is 6.10 Å². The lowest BCUT2D eigenvalue weighted by atomic mass is 10.1. The third-order valence-corrected chi connectivity index (χ3v) is 11.7. The minimum absolute atomic E-state index is 0.0848. The molecule has 1 unspecified atom stereocenters. The molecular weight excluding hydrogens is 793 g/mol. The number of ether oxygens (including phenoxy) is 3. The van der Waals surface area contributed by atoms with E-state index in [9.17, 15) is 14.4 Å². The minimum atomic E-state index is -0.786. The van der Waals surface area contributed by atoms with Gasteiger partial charge in [-0.3, -0.25) is 14.4 Å². The SMILES string of the molecule is CC/C=C\C/C=C\C/C=C\CCCCCCC(=O)OCC(COC(=O)CCCCCCCCC/C=C\CCCCCCCC)OC(=O)CCCCCCCCC/C=C\CCCCCC. The van der Waals surface area contributed by atoms with E-state index < -0.39 is 6.10 Å². The van der Waals surface area contributed by atoms with E-state index in [0.29, 0.717) is 19.3 Å². The summed E-state index contributed by atoms with van der Waals surface area (Å²) in [6, 6.07) is 0. The van der Waals surface area contributed by atoms with E-state index in [0.717, 1.165) is 89.9 Å². The van der Waals surface area contributed by atoms with E-state index in [1.807, 2.05) is 0 Å². The van der Waals surface area contributed by atoms with Crippen LogP contribution in [-0.2, 0) is 28.6 Å².